The minimum absolute atomic E-state index is 0.0418. The third kappa shape index (κ3) is 4.82. The third-order valence-corrected chi connectivity index (χ3v) is 8.59. The van der Waals surface area contributed by atoms with Gasteiger partial charge in [-0.2, -0.15) is 11.8 Å². The Balaban J connectivity index is 1.73. The molecule has 0 aromatic heterocycles. The van der Waals surface area contributed by atoms with E-state index >= 15 is 0 Å². The number of hydrogen-bond acceptors (Lipinski definition) is 6. The summed E-state index contributed by atoms with van der Waals surface area (Å²) in [6.07, 6.45) is 2.66. The molecular formula is C18H24FNO5S2. The van der Waals surface area contributed by atoms with Crippen LogP contribution in [0, 0.1) is 5.82 Å². The van der Waals surface area contributed by atoms with Gasteiger partial charge in [0.2, 0.25) is 5.91 Å². The number of halogens is 1. The van der Waals surface area contributed by atoms with E-state index in [0.29, 0.717) is 37.4 Å². The van der Waals surface area contributed by atoms with E-state index in [9.17, 15) is 17.6 Å². The molecule has 0 saturated carbocycles. The second kappa shape index (κ2) is 8.89. The average molecular weight is 418 g/mol. The van der Waals surface area contributed by atoms with Gasteiger partial charge in [0.25, 0.3) is 0 Å². The van der Waals surface area contributed by atoms with Crippen LogP contribution in [-0.2, 0) is 24.2 Å². The van der Waals surface area contributed by atoms with Crippen molar-refractivity contribution in [1.82, 2.24) is 5.48 Å². The van der Waals surface area contributed by atoms with Crippen molar-refractivity contribution in [2.45, 2.75) is 54.5 Å². The lowest BCUT2D eigenvalue weighted by Gasteiger charge is -2.36. The lowest BCUT2D eigenvalue weighted by Crippen LogP contribution is -2.46. The SMILES string of the molecule is O=C(CC1(S(=O)(=O)c2ccc(F)cc2)CCSCC1)NOC1CCCCO1. The number of hydrogen-bond donors (Lipinski definition) is 1. The third-order valence-electron chi connectivity index (χ3n) is 5.02. The van der Waals surface area contributed by atoms with E-state index in [-0.39, 0.29) is 11.3 Å². The topological polar surface area (TPSA) is 81.7 Å². The molecule has 2 aliphatic heterocycles. The Morgan fingerprint density at radius 3 is 2.59 bits per heavy atom. The van der Waals surface area contributed by atoms with Crippen LogP contribution in [0.2, 0.25) is 0 Å². The molecule has 1 amide bonds. The highest BCUT2D eigenvalue weighted by atomic mass is 32.2. The molecule has 6 nitrogen and oxygen atoms in total. The Labute approximate surface area is 163 Å². The first-order chi connectivity index (χ1) is 12.9. The molecule has 150 valence electrons. The highest BCUT2D eigenvalue weighted by Gasteiger charge is 2.47. The van der Waals surface area contributed by atoms with E-state index in [1.165, 1.54) is 12.1 Å². The van der Waals surface area contributed by atoms with E-state index < -0.39 is 32.6 Å². The first kappa shape index (κ1) is 20.6. The van der Waals surface area contributed by atoms with Gasteiger partial charge in [-0.3, -0.25) is 4.79 Å². The fourth-order valence-electron chi connectivity index (χ4n) is 3.41. The summed E-state index contributed by atoms with van der Waals surface area (Å²) in [5, 5.41) is 0. The molecule has 2 aliphatic rings. The number of ether oxygens (including phenoxy) is 1. The number of benzene rings is 1. The molecule has 2 saturated heterocycles. The van der Waals surface area contributed by atoms with Crippen molar-refractivity contribution in [3.63, 3.8) is 0 Å². The number of nitrogens with one attached hydrogen (secondary N) is 1. The van der Waals surface area contributed by atoms with Crippen LogP contribution in [-0.4, -0.2) is 43.5 Å². The lowest BCUT2D eigenvalue weighted by molar-refractivity contribution is -0.200. The molecule has 1 aromatic carbocycles. The van der Waals surface area contributed by atoms with Crippen LogP contribution in [0.25, 0.3) is 0 Å². The lowest BCUT2D eigenvalue weighted by atomic mass is 9.97. The van der Waals surface area contributed by atoms with Gasteiger partial charge in [0, 0.05) is 19.4 Å². The van der Waals surface area contributed by atoms with Gasteiger partial charge >= 0.3 is 0 Å². The molecule has 2 heterocycles. The Bertz CT molecular complexity index is 742. The summed E-state index contributed by atoms with van der Waals surface area (Å²) in [6, 6.07) is 4.78. The van der Waals surface area contributed by atoms with Crippen LogP contribution in [0.15, 0.2) is 29.2 Å². The minimum Gasteiger partial charge on any atom is -0.350 e. The van der Waals surface area contributed by atoms with Gasteiger partial charge in [0.1, 0.15) is 5.82 Å². The highest BCUT2D eigenvalue weighted by molar-refractivity contribution is 7.99. The summed E-state index contributed by atoms with van der Waals surface area (Å²) in [4.78, 5) is 17.8. The van der Waals surface area contributed by atoms with Gasteiger partial charge in [-0.25, -0.2) is 23.1 Å². The van der Waals surface area contributed by atoms with Crippen molar-refractivity contribution in [3.05, 3.63) is 30.1 Å². The van der Waals surface area contributed by atoms with Gasteiger partial charge in [0.05, 0.1) is 9.64 Å². The Morgan fingerprint density at radius 1 is 1.26 bits per heavy atom. The first-order valence-corrected chi connectivity index (χ1v) is 11.7. The molecule has 1 aromatic rings. The number of sulfone groups is 1. The summed E-state index contributed by atoms with van der Waals surface area (Å²) in [5.41, 5.74) is 2.36. The van der Waals surface area contributed by atoms with Crippen molar-refractivity contribution in [2.75, 3.05) is 18.1 Å². The maximum Gasteiger partial charge on any atom is 0.245 e. The maximum absolute atomic E-state index is 13.3. The molecular weight excluding hydrogens is 393 g/mol. The second-order valence-corrected chi connectivity index (χ2v) is 10.4. The fraction of sp³-hybridized carbons (Fsp3) is 0.611. The molecule has 1 unspecified atom stereocenters. The molecule has 0 bridgehead atoms. The molecule has 0 aliphatic carbocycles. The first-order valence-electron chi connectivity index (χ1n) is 9.07. The monoisotopic (exact) mass is 417 g/mol. The van der Waals surface area contributed by atoms with E-state index in [4.69, 9.17) is 9.57 Å². The van der Waals surface area contributed by atoms with E-state index in [0.717, 1.165) is 25.0 Å². The van der Waals surface area contributed by atoms with E-state index in [1.807, 2.05) is 0 Å². The zero-order chi connectivity index (χ0) is 19.3. The van der Waals surface area contributed by atoms with Gasteiger partial charge in [-0.15, -0.1) is 0 Å². The van der Waals surface area contributed by atoms with Crippen LogP contribution < -0.4 is 5.48 Å². The van der Waals surface area contributed by atoms with Crippen LogP contribution >= 0.6 is 11.8 Å². The number of rotatable bonds is 6. The minimum atomic E-state index is -3.81. The standard InChI is InChI=1S/C18H24FNO5S2/c19-14-4-6-15(7-5-14)27(22,23)18(8-11-26-12-9-18)13-16(21)20-25-17-3-1-2-10-24-17/h4-7,17H,1-3,8-13H2,(H,20,21). The number of carbonyl (C=O) groups is 1. The van der Waals surface area contributed by atoms with E-state index in [1.54, 1.807) is 11.8 Å². The van der Waals surface area contributed by atoms with Crippen LogP contribution in [0.3, 0.4) is 0 Å². The van der Waals surface area contributed by atoms with Crippen molar-refractivity contribution < 1.29 is 27.2 Å². The zero-order valence-electron chi connectivity index (χ0n) is 15.0. The Kier molecular flexibility index (Phi) is 6.78. The summed E-state index contributed by atoms with van der Waals surface area (Å²) < 4.78 is 44.0. The van der Waals surface area contributed by atoms with Gasteiger partial charge in [-0.05, 0) is 61.5 Å². The van der Waals surface area contributed by atoms with Crippen LogP contribution in [0.4, 0.5) is 4.39 Å². The van der Waals surface area contributed by atoms with Crippen LogP contribution in [0.1, 0.15) is 38.5 Å². The summed E-state index contributed by atoms with van der Waals surface area (Å²) >= 11 is 1.67. The molecule has 27 heavy (non-hydrogen) atoms. The molecule has 1 atom stereocenters. The van der Waals surface area contributed by atoms with E-state index in [2.05, 4.69) is 5.48 Å². The van der Waals surface area contributed by atoms with Crippen molar-refractivity contribution in [2.24, 2.45) is 0 Å². The quantitative estimate of drug-likeness (QED) is 0.566. The number of carbonyl (C=O) groups excluding carboxylic acids is 1. The molecule has 0 radical (unpaired) electrons. The van der Waals surface area contributed by atoms with Gasteiger partial charge in [0.15, 0.2) is 16.1 Å². The number of amides is 1. The second-order valence-electron chi connectivity index (χ2n) is 6.87. The van der Waals surface area contributed by atoms with Gasteiger partial charge < -0.3 is 4.74 Å². The Morgan fingerprint density at radius 2 is 1.96 bits per heavy atom. The molecule has 1 N–H and O–H groups in total. The molecule has 3 rings (SSSR count). The predicted octanol–water partition coefficient (Wildman–Crippen LogP) is 2.83. The smallest absolute Gasteiger partial charge is 0.245 e. The number of thioether (sulfide) groups is 1. The van der Waals surface area contributed by atoms with Crippen molar-refractivity contribution in [1.29, 1.82) is 0 Å². The summed E-state index contributed by atoms with van der Waals surface area (Å²) in [5.74, 6) is 0.322. The predicted molar refractivity (Wildman–Crippen MR) is 100 cm³/mol. The zero-order valence-corrected chi connectivity index (χ0v) is 16.6. The molecule has 0 spiro atoms. The molecule has 2 fully saturated rings. The summed E-state index contributed by atoms with van der Waals surface area (Å²) in [6.45, 7) is 0.584. The fourth-order valence-corrected chi connectivity index (χ4v) is 7.00. The summed E-state index contributed by atoms with van der Waals surface area (Å²) in [7, 11) is -3.81. The number of hydroxylamine groups is 1. The highest BCUT2D eigenvalue weighted by Crippen LogP contribution is 2.40. The van der Waals surface area contributed by atoms with Gasteiger partial charge in [-0.1, -0.05) is 0 Å². The molecule has 9 heteroatoms. The average Bonchev–Trinajstić information content (AvgIpc) is 2.68. The maximum atomic E-state index is 13.3. The van der Waals surface area contributed by atoms with Crippen LogP contribution in [0.5, 0.6) is 0 Å². The largest absolute Gasteiger partial charge is 0.350 e. The Hall–Kier alpha value is -1.16. The normalized spacial score (nSPS) is 22.9. The van der Waals surface area contributed by atoms with Crippen molar-refractivity contribution >= 4 is 27.5 Å². The van der Waals surface area contributed by atoms with Crippen molar-refractivity contribution in [3.8, 4) is 0 Å².